The monoisotopic (exact) mass is 227 g/mol. The van der Waals surface area contributed by atoms with Gasteiger partial charge in [0.15, 0.2) is 0 Å². The van der Waals surface area contributed by atoms with Crippen LogP contribution in [0.4, 0.5) is 0 Å². The molecular formula is C12H21NOS. The lowest BCUT2D eigenvalue weighted by molar-refractivity contribution is 0.0118. The van der Waals surface area contributed by atoms with Gasteiger partial charge in [0.25, 0.3) is 0 Å². The minimum absolute atomic E-state index is 0.0227. The summed E-state index contributed by atoms with van der Waals surface area (Å²) in [5, 5.41) is 7.69. The SMILES string of the molecule is CNC(CCC(C)(C)OC)c1ccsc1. The molecule has 1 atom stereocenters. The second kappa shape index (κ2) is 5.64. The Hall–Kier alpha value is -0.380. The number of hydrogen-bond acceptors (Lipinski definition) is 3. The van der Waals surface area contributed by atoms with Crippen molar-refractivity contribution < 1.29 is 4.74 Å². The molecule has 1 rings (SSSR count). The van der Waals surface area contributed by atoms with Crippen molar-refractivity contribution in [3.63, 3.8) is 0 Å². The molecule has 1 heterocycles. The molecule has 0 saturated carbocycles. The van der Waals surface area contributed by atoms with Crippen LogP contribution in [0.15, 0.2) is 16.8 Å². The zero-order valence-electron chi connectivity index (χ0n) is 10.0. The van der Waals surface area contributed by atoms with Crippen molar-refractivity contribution in [2.75, 3.05) is 14.2 Å². The van der Waals surface area contributed by atoms with Crippen molar-refractivity contribution in [2.45, 2.75) is 38.3 Å². The molecule has 1 aromatic heterocycles. The third-order valence-electron chi connectivity index (χ3n) is 2.88. The molecule has 2 nitrogen and oxygen atoms in total. The molecule has 0 aliphatic heterocycles. The van der Waals surface area contributed by atoms with Crippen LogP contribution >= 0.6 is 11.3 Å². The lowest BCUT2D eigenvalue weighted by Crippen LogP contribution is -2.25. The largest absolute Gasteiger partial charge is 0.379 e. The van der Waals surface area contributed by atoms with Crippen LogP contribution in [0.5, 0.6) is 0 Å². The van der Waals surface area contributed by atoms with E-state index in [4.69, 9.17) is 4.74 Å². The van der Waals surface area contributed by atoms with Gasteiger partial charge in [-0.05, 0) is 56.1 Å². The van der Waals surface area contributed by atoms with E-state index >= 15 is 0 Å². The number of rotatable bonds is 6. The van der Waals surface area contributed by atoms with Crippen LogP contribution < -0.4 is 5.32 Å². The molecular weight excluding hydrogens is 206 g/mol. The second-order valence-electron chi connectivity index (χ2n) is 4.40. The Labute approximate surface area is 96.7 Å². The Balaban J connectivity index is 2.49. The maximum absolute atomic E-state index is 5.42. The van der Waals surface area contributed by atoms with E-state index in [1.54, 1.807) is 18.4 Å². The van der Waals surface area contributed by atoms with E-state index in [-0.39, 0.29) is 5.60 Å². The Kier molecular flexibility index (Phi) is 4.77. The Morgan fingerprint density at radius 1 is 1.53 bits per heavy atom. The summed E-state index contributed by atoms with van der Waals surface area (Å²) >= 11 is 1.75. The first-order chi connectivity index (χ1) is 7.09. The summed E-state index contributed by atoms with van der Waals surface area (Å²) in [6, 6.07) is 2.64. The highest BCUT2D eigenvalue weighted by atomic mass is 32.1. The summed E-state index contributed by atoms with van der Waals surface area (Å²) in [4.78, 5) is 0. The first-order valence-corrected chi connectivity index (χ1v) is 6.28. The number of methoxy groups -OCH3 is 1. The molecule has 1 N–H and O–H groups in total. The van der Waals surface area contributed by atoms with Crippen molar-refractivity contribution in [1.29, 1.82) is 0 Å². The van der Waals surface area contributed by atoms with Gasteiger partial charge in [0.1, 0.15) is 0 Å². The van der Waals surface area contributed by atoms with Gasteiger partial charge in [-0.15, -0.1) is 0 Å². The van der Waals surface area contributed by atoms with Gasteiger partial charge in [-0.2, -0.15) is 11.3 Å². The standard InChI is InChI=1S/C12H21NOS/c1-12(2,14-4)7-5-11(13-3)10-6-8-15-9-10/h6,8-9,11,13H,5,7H2,1-4H3. The zero-order valence-corrected chi connectivity index (χ0v) is 10.9. The molecule has 0 aliphatic rings. The highest BCUT2D eigenvalue weighted by molar-refractivity contribution is 7.07. The molecule has 0 spiro atoms. The normalized spacial score (nSPS) is 14.1. The van der Waals surface area contributed by atoms with Crippen LogP contribution in [-0.4, -0.2) is 19.8 Å². The zero-order chi connectivity index (χ0) is 11.3. The molecule has 0 aliphatic carbocycles. The van der Waals surface area contributed by atoms with Gasteiger partial charge < -0.3 is 10.1 Å². The average molecular weight is 227 g/mol. The third kappa shape index (κ3) is 3.93. The van der Waals surface area contributed by atoms with Gasteiger partial charge in [0.05, 0.1) is 5.60 Å². The van der Waals surface area contributed by atoms with Crippen LogP contribution in [0.1, 0.15) is 38.3 Å². The smallest absolute Gasteiger partial charge is 0.0623 e. The van der Waals surface area contributed by atoms with E-state index in [1.165, 1.54) is 5.56 Å². The second-order valence-corrected chi connectivity index (χ2v) is 5.18. The molecule has 0 aromatic carbocycles. The van der Waals surface area contributed by atoms with Crippen molar-refractivity contribution >= 4 is 11.3 Å². The molecule has 0 fully saturated rings. The predicted molar refractivity (Wildman–Crippen MR) is 66.4 cm³/mol. The number of nitrogens with one attached hydrogen (secondary N) is 1. The van der Waals surface area contributed by atoms with Crippen LogP contribution in [0, 0.1) is 0 Å². The molecule has 3 heteroatoms. The average Bonchev–Trinajstić information content (AvgIpc) is 2.72. The third-order valence-corrected chi connectivity index (χ3v) is 3.58. The summed E-state index contributed by atoms with van der Waals surface area (Å²) in [6.45, 7) is 4.26. The minimum Gasteiger partial charge on any atom is -0.379 e. The predicted octanol–water partition coefficient (Wildman–Crippen LogP) is 3.21. The summed E-state index contributed by atoms with van der Waals surface area (Å²) in [6.07, 6.45) is 2.17. The van der Waals surface area contributed by atoms with Crippen molar-refractivity contribution in [2.24, 2.45) is 0 Å². The van der Waals surface area contributed by atoms with Crippen LogP contribution in [0.25, 0.3) is 0 Å². The molecule has 86 valence electrons. The quantitative estimate of drug-likeness (QED) is 0.805. The summed E-state index contributed by atoms with van der Waals surface area (Å²) in [5.41, 5.74) is 1.36. The van der Waals surface area contributed by atoms with E-state index in [0.29, 0.717) is 6.04 Å². The molecule has 1 unspecified atom stereocenters. The first-order valence-electron chi connectivity index (χ1n) is 5.33. The van der Waals surface area contributed by atoms with Crippen LogP contribution in [-0.2, 0) is 4.74 Å². The summed E-state index contributed by atoms with van der Waals surface area (Å²) < 4.78 is 5.42. The maximum Gasteiger partial charge on any atom is 0.0623 e. The van der Waals surface area contributed by atoms with Gasteiger partial charge in [-0.3, -0.25) is 0 Å². The van der Waals surface area contributed by atoms with Gasteiger partial charge in [-0.1, -0.05) is 0 Å². The first kappa shape index (κ1) is 12.7. The lowest BCUT2D eigenvalue weighted by Gasteiger charge is -2.25. The molecule has 0 bridgehead atoms. The van der Waals surface area contributed by atoms with Crippen molar-refractivity contribution in [3.8, 4) is 0 Å². The number of thiophene rings is 1. The topological polar surface area (TPSA) is 21.3 Å². The summed E-state index contributed by atoms with van der Waals surface area (Å²) in [7, 11) is 3.79. The molecule has 1 aromatic rings. The van der Waals surface area contributed by atoms with Crippen molar-refractivity contribution in [1.82, 2.24) is 5.32 Å². The van der Waals surface area contributed by atoms with E-state index in [2.05, 4.69) is 36.0 Å². The fourth-order valence-electron chi connectivity index (χ4n) is 1.54. The summed E-state index contributed by atoms with van der Waals surface area (Å²) in [5.74, 6) is 0. The maximum atomic E-state index is 5.42. The lowest BCUT2D eigenvalue weighted by atomic mass is 9.96. The molecule has 0 radical (unpaired) electrons. The highest BCUT2D eigenvalue weighted by Gasteiger charge is 2.19. The molecule has 0 amide bonds. The Morgan fingerprint density at radius 2 is 2.27 bits per heavy atom. The Morgan fingerprint density at radius 3 is 2.73 bits per heavy atom. The fourth-order valence-corrected chi connectivity index (χ4v) is 2.26. The number of ether oxygens (including phenoxy) is 1. The van der Waals surface area contributed by atoms with E-state index in [0.717, 1.165) is 12.8 Å². The number of hydrogen-bond donors (Lipinski definition) is 1. The van der Waals surface area contributed by atoms with Gasteiger partial charge in [-0.25, -0.2) is 0 Å². The van der Waals surface area contributed by atoms with Crippen molar-refractivity contribution in [3.05, 3.63) is 22.4 Å². The fraction of sp³-hybridized carbons (Fsp3) is 0.667. The minimum atomic E-state index is -0.0227. The van der Waals surface area contributed by atoms with E-state index < -0.39 is 0 Å². The van der Waals surface area contributed by atoms with Gasteiger partial charge in [0, 0.05) is 13.2 Å². The van der Waals surface area contributed by atoms with Crippen LogP contribution in [0.2, 0.25) is 0 Å². The molecule has 15 heavy (non-hydrogen) atoms. The van der Waals surface area contributed by atoms with Gasteiger partial charge in [0.2, 0.25) is 0 Å². The van der Waals surface area contributed by atoms with E-state index in [1.807, 2.05) is 7.05 Å². The van der Waals surface area contributed by atoms with Gasteiger partial charge >= 0.3 is 0 Å². The molecule has 0 saturated heterocycles. The van der Waals surface area contributed by atoms with Crippen LogP contribution in [0.3, 0.4) is 0 Å². The highest BCUT2D eigenvalue weighted by Crippen LogP contribution is 2.25. The van der Waals surface area contributed by atoms with E-state index in [9.17, 15) is 0 Å². The Bertz CT molecular complexity index is 269.